The number of aliphatic carboxylic acids is 1. The summed E-state index contributed by atoms with van der Waals surface area (Å²) in [6.45, 7) is 0. The Morgan fingerprint density at radius 3 is 2.48 bits per heavy atom. The number of carbonyl (C=O) groups is 2. The molecule has 2 N–H and O–H groups in total. The summed E-state index contributed by atoms with van der Waals surface area (Å²) in [5.41, 5.74) is 7.73. The number of hydrogen-bond donors (Lipinski definition) is 1. The summed E-state index contributed by atoms with van der Waals surface area (Å²) in [6.07, 6.45) is 0.483. The van der Waals surface area contributed by atoms with Crippen LogP contribution in [0.25, 0.3) is 16.8 Å². The molecule has 0 fully saturated rings. The van der Waals surface area contributed by atoms with E-state index in [1.807, 2.05) is 41.7 Å². The number of aromatic nitrogens is 2. The van der Waals surface area contributed by atoms with Crippen LogP contribution in [-0.4, -0.2) is 22.5 Å². The average molecular weight is 327 g/mol. The Morgan fingerprint density at radius 2 is 1.96 bits per heavy atom. The number of nitrogens with zero attached hydrogens (tertiary/aromatic N) is 2. The lowest BCUT2D eigenvalue weighted by molar-refractivity contribution is -0.671. The molecule has 0 spiro atoms. The lowest BCUT2D eigenvalue weighted by atomic mass is 10.0. The number of carbonyl (C=O) groups excluding carboxylic acids is 2. The van der Waals surface area contributed by atoms with Gasteiger partial charge >= 0.3 is 6.18 Å². The molecule has 1 aliphatic carbocycles. The molecule has 0 saturated carbocycles. The van der Waals surface area contributed by atoms with Crippen molar-refractivity contribution < 1.29 is 32.4 Å². The lowest BCUT2D eigenvalue weighted by Gasteiger charge is -2.09. The van der Waals surface area contributed by atoms with Gasteiger partial charge in [-0.2, -0.15) is 13.2 Å². The largest absolute Gasteiger partial charge is 0.542 e. The van der Waals surface area contributed by atoms with Gasteiger partial charge in [0.2, 0.25) is 11.5 Å². The van der Waals surface area contributed by atoms with Gasteiger partial charge in [-0.1, -0.05) is 0 Å². The molecule has 2 aromatic heterocycles. The van der Waals surface area contributed by atoms with Crippen LogP contribution in [0.4, 0.5) is 13.2 Å². The second kappa shape index (κ2) is 5.41. The Balaban J connectivity index is 0.000000236. The highest BCUT2D eigenvalue weighted by Gasteiger charge is 2.29. The number of rotatable bonds is 0. The van der Waals surface area contributed by atoms with Crippen LogP contribution in [0.5, 0.6) is 0 Å². The second-order valence-electron chi connectivity index (χ2n) is 4.94. The van der Waals surface area contributed by atoms with Gasteiger partial charge in [-0.05, 0) is 0 Å². The number of nitrogens with two attached hydrogens (primary N) is 1. The van der Waals surface area contributed by atoms with Crippen molar-refractivity contribution in [2.75, 3.05) is 0 Å². The number of alkyl halides is 3. The van der Waals surface area contributed by atoms with E-state index >= 15 is 0 Å². The van der Waals surface area contributed by atoms with Crippen LogP contribution in [0.2, 0.25) is 0 Å². The van der Waals surface area contributed by atoms with Crippen LogP contribution in [0.3, 0.4) is 0 Å². The van der Waals surface area contributed by atoms with Gasteiger partial charge in [-0.3, -0.25) is 4.79 Å². The van der Waals surface area contributed by atoms with Gasteiger partial charge in [-0.25, -0.2) is 4.57 Å². The summed E-state index contributed by atoms with van der Waals surface area (Å²) >= 11 is 0. The van der Waals surface area contributed by atoms with E-state index < -0.39 is 12.1 Å². The predicted octanol–water partition coefficient (Wildman–Crippen LogP) is -0.203. The first kappa shape index (κ1) is 16.5. The number of halogens is 3. The molecule has 0 bridgehead atoms. The molecule has 9 heteroatoms. The van der Waals surface area contributed by atoms with Crippen molar-refractivity contribution in [1.82, 2.24) is 4.57 Å². The maximum absolute atomic E-state index is 12.0. The Labute approximate surface area is 128 Å². The van der Waals surface area contributed by atoms with Crippen molar-refractivity contribution in [3.63, 3.8) is 0 Å². The smallest absolute Gasteiger partial charge is 0.430 e. The monoisotopic (exact) mass is 327 g/mol. The molecule has 2 heterocycles. The molecule has 0 amide bonds. The SMILES string of the molecule is Cn1cc2cc[n+](C)c3c2c1C(=O)C(N)=C3.O=C([O-])C(F)(F)F. The van der Waals surface area contributed by atoms with Crippen molar-refractivity contribution >= 4 is 28.6 Å². The number of carboxylic acid groups (broad SMARTS) is 1. The molecule has 0 unspecified atom stereocenters. The Kier molecular flexibility index (Phi) is 3.89. The van der Waals surface area contributed by atoms with Gasteiger partial charge in [-0.15, -0.1) is 0 Å². The maximum Gasteiger partial charge on any atom is 0.430 e. The molecule has 0 saturated heterocycles. The predicted molar refractivity (Wildman–Crippen MR) is 71.7 cm³/mol. The van der Waals surface area contributed by atoms with Gasteiger partial charge in [0, 0.05) is 30.8 Å². The van der Waals surface area contributed by atoms with Gasteiger partial charge in [0.05, 0.1) is 11.1 Å². The van der Waals surface area contributed by atoms with Crippen LogP contribution in [0, 0.1) is 0 Å². The normalized spacial score (nSPS) is 13.4. The van der Waals surface area contributed by atoms with Crippen molar-refractivity contribution in [3.05, 3.63) is 35.5 Å². The summed E-state index contributed by atoms with van der Waals surface area (Å²) in [6, 6.07) is 2.00. The molecule has 122 valence electrons. The average Bonchev–Trinajstić information content (AvgIpc) is 2.76. The Morgan fingerprint density at radius 1 is 1.39 bits per heavy atom. The van der Waals surface area contributed by atoms with E-state index in [0.29, 0.717) is 11.4 Å². The Hall–Kier alpha value is -2.84. The highest BCUT2D eigenvalue weighted by Crippen LogP contribution is 2.28. The van der Waals surface area contributed by atoms with E-state index in [1.165, 1.54) is 0 Å². The molecule has 2 aromatic rings. The third kappa shape index (κ3) is 2.89. The van der Waals surface area contributed by atoms with Crippen LogP contribution < -0.4 is 15.4 Å². The van der Waals surface area contributed by atoms with Gasteiger partial charge in [0.25, 0.3) is 0 Å². The van der Waals surface area contributed by atoms with E-state index in [-0.39, 0.29) is 5.78 Å². The van der Waals surface area contributed by atoms with Crippen LogP contribution >= 0.6 is 0 Å². The molecule has 0 radical (unpaired) electrons. The molecular weight excluding hydrogens is 315 g/mol. The minimum atomic E-state index is -5.19. The fraction of sp³-hybridized carbons (Fsp3) is 0.214. The molecule has 23 heavy (non-hydrogen) atoms. The summed E-state index contributed by atoms with van der Waals surface area (Å²) in [4.78, 5) is 20.8. The summed E-state index contributed by atoms with van der Waals surface area (Å²) in [7, 11) is 3.82. The number of pyridine rings is 1. The van der Waals surface area contributed by atoms with Gasteiger partial charge in [0.1, 0.15) is 18.7 Å². The standard InChI is InChI=1S/C12H11N3O.C2HF3O2/c1-14-4-3-7-6-15(2)11-10(7)9(14)5-8(13)12(11)16;3-2(4,5)1(6)7/h3-6,13H,1-2H3;(H,6,7). The third-order valence-corrected chi connectivity index (χ3v) is 3.33. The first-order valence-electron chi connectivity index (χ1n) is 6.31. The highest BCUT2D eigenvalue weighted by atomic mass is 19.4. The molecule has 0 aliphatic heterocycles. The number of aryl methyl sites for hydroxylation is 2. The number of Topliss-reactive ketones (excluding diaryl/α,β-unsaturated/α-hetero) is 1. The van der Waals surface area contributed by atoms with E-state index in [9.17, 15) is 18.0 Å². The topological polar surface area (TPSA) is 92.0 Å². The first-order chi connectivity index (χ1) is 10.5. The summed E-state index contributed by atoms with van der Waals surface area (Å²) < 4.78 is 35.4. The highest BCUT2D eigenvalue weighted by molar-refractivity contribution is 6.21. The van der Waals surface area contributed by atoms with E-state index in [4.69, 9.17) is 15.6 Å². The molecule has 3 rings (SSSR count). The van der Waals surface area contributed by atoms with Crippen LogP contribution in [0.1, 0.15) is 16.2 Å². The van der Waals surface area contributed by atoms with Crippen LogP contribution in [0.15, 0.2) is 24.2 Å². The van der Waals surface area contributed by atoms with Gasteiger partial charge in [0.15, 0.2) is 6.20 Å². The van der Waals surface area contributed by atoms with Crippen molar-refractivity contribution in [2.24, 2.45) is 19.8 Å². The first-order valence-corrected chi connectivity index (χ1v) is 6.31. The fourth-order valence-corrected chi connectivity index (χ4v) is 2.29. The zero-order valence-corrected chi connectivity index (χ0v) is 12.1. The number of allylic oxidation sites excluding steroid dienone is 1. The third-order valence-electron chi connectivity index (χ3n) is 3.33. The minimum Gasteiger partial charge on any atom is -0.542 e. The Bertz CT molecular complexity index is 850. The molecule has 6 nitrogen and oxygen atoms in total. The zero-order valence-electron chi connectivity index (χ0n) is 12.1. The zero-order chi connectivity index (χ0) is 17.5. The summed E-state index contributed by atoms with van der Waals surface area (Å²) in [5.74, 6) is -3.09. The number of ketones is 1. The number of hydrogen-bond acceptors (Lipinski definition) is 4. The molecular formula is C14H12F3N3O3. The van der Waals surface area contributed by atoms with Crippen molar-refractivity contribution in [2.45, 2.75) is 6.18 Å². The summed E-state index contributed by atoms with van der Waals surface area (Å²) in [5, 5.41) is 10.8. The fourth-order valence-electron chi connectivity index (χ4n) is 2.29. The van der Waals surface area contributed by atoms with E-state index in [2.05, 4.69) is 0 Å². The lowest BCUT2D eigenvalue weighted by Crippen LogP contribution is -2.37. The van der Waals surface area contributed by atoms with E-state index in [1.54, 1.807) is 6.08 Å². The number of carboxylic acids is 1. The van der Waals surface area contributed by atoms with Crippen LogP contribution in [-0.2, 0) is 18.9 Å². The van der Waals surface area contributed by atoms with Gasteiger partial charge < -0.3 is 20.2 Å². The molecule has 0 aromatic carbocycles. The second-order valence-corrected chi connectivity index (χ2v) is 4.94. The minimum absolute atomic E-state index is 0.0869. The quantitative estimate of drug-likeness (QED) is 0.678. The molecule has 1 aliphatic rings. The van der Waals surface area contributed by atoms with Crippen molar-refractivity contribution in [3.8, 4) is 0 Å². The molecule has 0 atom stereocenters. The van der Waals surface area contributed by atoms with Crippen molar-refractivity contribution in [1.29, 1.82) is 0 Å². The van der Waals surface area contributed by atoms with E-state index in [0.717, 1.165) is 16.5 Å². The maximum atomic E-state index is 12.0.